The Morgan fingerprint density at radius 1 is 1.31 bits per heavy atom. The number of aliphatic hydroxyl groups is 1. The highest BCUT2D eigenvalue weighted by atomic mass is 16.3. The Bertz CT molecular complexity index is 1050. The fourth-order valence-corrected chi connectivity index (χ4v) is 3.86. The first-order valence-electron chi connectivity index (χ1n) is 9.72. The van der Waals surface area contributed by atoms with E-state index >= 15 is 0 Å². The average Bonchev–Trinajstić information content (AvgIpc) is 3.25. The number of fused-ring (bicyclic) bond motifs is 1. The van der Waals surface area contributed by atoms with Crippen molar-refractivity contribution in [3.8, 4) is 0 Å². The van der Waals surface area contributed by atoms with Gasteiger partial charge in [0.25, 0.3) is 5.91 Å². The molecule has 3 aromatic rings. The molecule has 2 unspecified atom stereocenters. The molecule has 8 heteroatoms. The average molecular weight is 395 g/mol. The smallest absolute Gasteiger partial charge is 0.268 e. The molecule has 152 valence electrons. The van der Waals surface area contributed by atoms with Crippen molar-refractivity contribution < 1.29 is 14.7 Å². The number of hydrogen-bond acceptors (Lipinski definition) is 4. The van der Waals surface area contributed by atoms with Crippen LogP contribution in [0.3, 0.4) is 0 Å². The molecule has 29 heavy (non-hydrogen) atoms. The van der Waals surface area contributed by atoms with Gasteiger partial charge in [0.05, 0.1) is 24.4 Å². The van der Waals surface area contributed by atoms with E-state index in [-0.39, 0.29) is 30.8 Å². The van der Waals surface area contributed by atoms with Crippen LogP contribution in [0.1, 0.15) is 28.0 Å². The number of β-amino-alcohol motifs (C(OH)–C–C–N with tert-alkyl or cyclic N) is 1. The largest absolute Gasteiger partial charge is 0.391 e. The first-order chi connectivity index (χ1) is 13.9. The fraction of sp³-hybridized carbons (Fsp3) is 0.381. The van der Waals surface area contributed by atoms with E-state index in [9.17, 15) is 14.7 Å². The molecule has 3 heterocycles. The molecule has 8 nitrogen and oxygen atoms in total. The first-order valence-corrected chi connectivity index (χ1v) is 9.72. The number of piperidine rings is 1. The molecule has 2 aromatic heterocycles. The van der Waals surface area contributed by atoms with Crippen LogP contribution in [0, 0.1) is 6.92 Å². The number of imidazole rings is 1. The van der Waals surface area contributed by atoms with E-state index in [1.54, 1.807) is 17.3 Å². The highest BCUT2D eigenvalue weighted by molar-refractivity contribution is 5.96. The zero-order valence-electron chi connectivity index (χ0n) is 16.6. The maximum Gasteiger partial charge on any atom is 0.268 e. The molecule has 0 radical (unpaired) electrons. The Balaban J connectivity index is 1.42. The minimum absolute atomic E-state index is 0.0490. The summed E-state index contributed by atoms with van der Waals surface area (Å²) in [5, 5.41) is 13.2. The third-order valence-electron chi connectivity index (χ3n) is 5.48. The van der Waals surface area contributed by atoms with E-state index in [0.717, 1.165) is 16.6 Å². The van der Waals surface area contributed by atoms with E-state index in [2.05, 4.69) is 15.3 Å². The molecule has 3 N–H and O–H groups in total. The molecular weight excluding hydrogens is 370 g/mol. The number of rotatable bonds is 4. The highest BCUT2D eigenvalue weighted by Crippen LogP contribution is 2.17. The Labute approximate surface area is 168 Å². The van der Waals surface area contributed by atoms with Gasteiger partial charge in [0.15, 0.2) is 5.65 Å². The lowest BCUT2D eigenvalue weighted by atomic mass is 10.0. The van der Waals surface area contributed by atoms with Crippen molar-refractivity contribution in [1.82, 2.24) is 24.8 Å². The number of carbonyl (C=O) groups is 2. The topological polar surface area (TPSA) is 103 Å². The summed E-state index contributed by atoms with van der Waals surface area (Å²) in [6.45, 7) is 2.64. The van der Waals surface area contributed by atoms with Gasteiger partial charge in [0.2, 0.25) is 5.91 Å². The van der Waals surface area contributed by atoms with Crippen molar-refractivity contribution >= 4 is 23.0 Å². The van der Waals surface area contributed by atoms with Crippen molar-refractivity contribution in [2.75, 3.05) is 13.1 Å². The van der Waals surface area contributed by atoms with Crippen molar-refractivity contribution in [3.05, 3.63) is 53.5 Å². The zero-order chi connectivity index (χ0) is 20.5. The Hall–Kier alpha value is -3.13. The lowest BCUT2D eigenvalue weighted by molar-refractivity contribution is -0.134. The Morgan fingerprint density at radius 3 is 2.86 bits per heavy atom. The van der Waals surface area contributed by atoms with E-state index in [4.69, 9.17) is 0 Å². The van der Waals surface area contributed by atoms with Gasteiger partial charge < -0.3 is 24.9 Å². The zero-order valence-corrected chi connectivity index (χ0v) is 16.6. The summed E-state index contributed by atoms with van der Waals surface area (Å²) in [6, 6.07) is 9.21. The van der Waals surface area contributed by atoms with Gasteiger partial charge in [-0.1, -0.05) is 24.3 Å². The van der Waals surface area contributed by atoms with Crippen LogP contribution >= 0.6 is 0 Å². The van der Waals surface area contributed by atoms with E-state index in [1.807, 2.05) is 42.8 Å². The lowest BCUT2D eigenvalue weighted by Crippen LogP contribution is -2.54. The molecule has 0 bridgehead atoms. The van der Waals surface area contributed by atoms with E-state index in [0.29, 0.717) is 24.3 Å². The number of carbonyl (C=O) groups excluding carboxylic acids is 2. The molecule has 4 rings (SSSR count). The number of hydrogen-bond donors (Lipinski definition) is 3. The summed E-state index contributed by atoms with van der Waals surface area (Å²) >= 11 is 0. The van der Waals surface area contributed by atoms with Crippen LogP contribution in [0.4, 0.5) is 0 Å². The van der Waals surface area contributed by atoms with Gasteiger partial charge in [-0.15, -0.1) is 0 Å². The second-order valence-corrected chi connectivity index (χ2v) is 7.73. The first kappa shape index (κ1) is 19.2. The number of likely N-dealkylation sites (tertiary alicyclic amines) is 1. The van der Waals surface area contributed by atoms with Crippen molar-refractivity contribution in [2.24, 2.45) is 7.05 Å². The number of aliphatic hydroxyl groups excluding tert-OH is 1. The molecular formula is C21H25N5O3. The molecule has 1 aliphatic rings. The third-order valence-corrected chi connectivity index (χ3v) is 5.48. The summed E-state index contributed by atoms with van der Waals surface area (Å²) in [5.41, 5.74) is 3.95. The van der Waals surface area contributed by atoms with E-state index < -0.39 is 6.10 Å². The highest BCUT2D eigenvalue weighted by Gasteiger charge is 2.30. The number of benzene rings is 1. The van der Waals surface area contributed by atoms with Crippen LogP contribution in [0.5, 0.6) is 0 Å². The number of amides is 2. The molecule has 1 aromatic carbocycles. The van der Waals surface area contributed by atoms with E-state index in [1.165, 1.54) is 0 Å². The number of aromatic nitrogens is 3. The van der Waals surface area contributed by atoms with Crippen LogP contribution in [-0.4, -0.2) is 61.6 Å². The number of aryl methyl sites for hydroxylation is 2. The Kier molecular flexibility index (Phi) is 5.10. The van der Waals surface area contributed by atoms with Gasteiger partial charge in [-0.25, -0.2) is 4.98 Å². The minimum Gasteiger partial charge on any atom is -0.391 e. The summed E-state index contributed by atoms with van der Waals surface area (Å²) in [7, 11) is 1.86. The third kappa shape index (κ3) is 4.02. The molecule has 2 amide bonds. The maximum atomic E-state index is 12.8. The minimum atomic E-state index is -0.667. The molecule has 0 saturated carbocycles. The van der Waals surface area contributed by atoms with Crippen molar-refractivity contribution in [2.45, 2.75) is 31.9 Å². The van der Waals surface area contributed by atoms with Gasteiger partial charge >= 0.3 is 0 Å². The second-order valence-electron chi connectivity index (χ2n) is 7.73. The normalized spacial score (nSPS) is 19.5. The fourth-order valence-electron chi connectivity index (χ4n) is 3.86. The number of nitrogens with zero attached hydrogens (tertiary/aromatic N) is 3. The summed E-state index contributed by atoms with van der Waals surface area (Å²) in [5.74, 6) is -0.319. The van der Waals surface area contributed by atoms with Gasteiger partial charge in [0, 0.05) is 26.2 Å². The SMILES string of the molecule is Cc1ccccc1CC(=O)N1CC(O)CC(NC(=O)c2cc3c(ncn3C)[nH]2)C1. The molecule has 1 aliphatic heterocycles. The van der Waals surface area contributed by atoms with Crippen molar-refractivity contribution in [1.29, 1.82) is 0 Å². The Morgan fingerprint density at radius 2 is 2.10 bits per heavy atom. The van der Waals surface area contributed by atoms with Crippen LogP contribution < -0.4 is 5.32 Å². The van der Waals surface area contributed by atoms with Crippen molar-refractivity contribution in [3.63, 3.8) is 0 Å². The number of nitrogens with one attached hydrogen (secondary N) is 2. The standard InChI is InChI=1S/C21H25N5O3/c1-13-5-3-4-6-14(13)7-19(28)26-10-15(8-16(27)11-26)23-21(29)17-9-18-20(24-17)22-12-25(18)2/h3-6,9,12,15-16,24,27H,7-8,10-11H2,1-2H3,(H,23,29). The predicted molar refractivity (Wildman–Crippen MR) is 108 cm³/mol. The number of H-pyrrole nitrogens is 1. The molecule has 1 saturated heterocycles. The van der Waals surface area contributed by atoms with Crippen LogP contribution in [-0.2, 0) is 18.3 Å². The van der Waals surface area contributed by atoms with Crippen LogP contribution in [0.25, 0.3) is 11.2 Å². The molecule has 0 aliphatic carbocycles. The maximum absolute atomic E-state index is 12.8. The predicted octanol–water partition coefficient (Wildman–Crippen LogP) is 1.14. The quantitative estimate of drug-likeness (QED) is 0.616. The van der Waals surface area contributed by atoms with Gasteiger partial charge in [-0.2, -0.15) is 0 Å². The van der Waals surface area contributed by atoms with Gasteiger partial charge in [-0.05, 0) is 30.5 Å². The molecule has 0 spiro atoms. The van der Waals surface area contributed by atoms with Gasteiger partial charge in [0.1, 0.15) is 5.69 Å². The summed E-state index contributed by atoms with van der Waals surface area (Å²) in [6.07, 6.45) is 1.71. The second kappa shape index (κ2) is 7.71. The molecule has 1 fully saturated rings. The van der Waals surface area contributed by atoms with Gasteiger partial charge in [-0.3, -0.25) is 9.59 Å². The number of aromatic amines is 1. The monoisotopic (exact) mass is 395 g/mol. The van der Waals surface area contributed by atoms with Crippen LogP contribution in [0.2, 0.25) is 0 Å². The summed E-state index contributed by atoms with van der Waals surface area (Å²) < 4.78 is 1.83. The lowest BCUT2D eigenvalue weighted by Gasteiger charge is -2.36. The summed E-state index contributed by atoms with van der Waals surface area (Å²) in [4.78, 5) is 34.3. The van der Waals surface area contributed by atoms with Crippen LogP contribution in [0.15, 0.2) is 36.7 Å². The molecule has 2 atom stereocenters.